The summed E-state index contributed by atoms with van der Waals surface area (Å²) < 4.78 is 0. The number of hydrogen-bond donors (Lipinski definition) is 2. The zero-order valence-electron chi connectivity index (χ0n) is 17.8. The summed E-state index contributed by atoms with van der Waals surface area (Å²) in [5.41, 5.74) is 22.0. The molecule has 0 bridgehead atoms. The SMILES string of the molecule is CC(C)(C)c1ccc(-c2cc(N)ccc2-c2ccc(-c3ccc(N)cc3)cc2)cc1. The van der Waals surface area contributed by atoms with E-state index in [1.165, 1.54) is 27.8 Å². The molecule has 0 aliphatic heterocycles. The zero-order valence-corrected chi connectivity index (χ0v) is 17.8. The lowest BCUT2D eigenvalue weighted by atomic mass is 9.85. The first kappa shape index (κ1) is 19.8. The van der Waals surface area contributed by atoms with Gasteiger partial charge in [-0.3, -0.25) is 0 Å². The highest BCUT2D eigenvalue weighted by molar-refractivity contribution is 5.86. The second kappa shape index (κ2) is 7.72. The molecule has 4 aromatic rings. The van der Waals surface area contributed by atoms with Crippen molar-refractivity contribution < 1.29 is 0 Å². The molecule has 30 heavy (non-hydrogen) atoms. The van der Waals surface area contributed by atoms with Gasteiger partial charge in [-0.1, -0.05) is 87.5 Å². The fraction of sp³-hybridized carbons (Fsp3) is 0.143. The number of anilines is 2. The van der Waals surface area contributed by atoms with Gasteiger partial charge in [0.25, 0.3) is 0 Å². The Morgan fingerprint density at radius 3 is 1.47 bits per heavy atom. The van der Waals surface area contributed by atoms with Gasteiger partial charge in [-0.15, -0.1) is 0 Å². The molecule has 0 aliphatic carbocycles. The van der Waals surface area contributed by atoms with Gasteiger partial charge in [0, 0.05) is 11.4 Å². The van der Waals surface area contributed by atoms with Gasteiger partial charge in [0.1, 0.15) is 0 Å². The summed E-state index contributed by atoms with van der Waals surface area (Å²) in [4.78, 5) is 0. The minimum Gasteiger partial charge on any atom is -0.399 e. The second-order valence-corrected chi connectivity index (χ2v) is 8.83. The van der Waals surface area contributed by atoms with E-state index in [4.69, 9.17) is 11.5 Å². The molecular weight excluding hydrogens is 364 g/mol. The number of nitrogens with two attached hydrogens (primary N) is 2. The maximum absolute atomic E-state index is 6.14. The molecule has 0 heterocycles. The third-order valence-corrected chi connectivity index (χ3v) is 5.55. The van der Waals surface area contributed by atoms with Crippen LogP contribution in [0.3, 0.4) is 0 Å². The van der Waals surface area contributed by atoms with Crippen molar-refractivity contribution in [2.24, 2.45) is 0 Å². The number of rotatable bonds is 3. The highest BCUT2D eigenvalue weighted by Crippen LogP contribution is 2.36. The van der Waals surface area contributed by atoms with Crippen LogP contribution in [0, 0.1) is 0 Å². The van der Waals surface area contributed by atoms with Crippen LogP contribution in [0.5, 0.6) is 0 Å². The number of nitrogen functional groups attached to an aromatic ring is 2. The lowest BCUT2D eigenvalue weighted by Crippen LogP contribution is -2.10. The molecule has 0 amide bonds. The summed E-state index contributed by atoms with van der Waals surface area (Å²) in [7, 11) is 0. The molecule has 0 saturated heterocycles. The fourth-order valence-corrected chi connectivity index (χ4v) is 3.72. The van der Waals surface area contributed by atoms with E-state index in [9.17, 15) is 0 Å². The third-order valence-electron chi connectivity index (χ3n) is 5.55. The summed E-state index contributed by atoms with van der Waals surface area (Å²) in [5.74, 6) is 0. The normalized spacial score (nSPS) is 11.4. The predicted molar refractivity (Wildman–Crippen MR) is 130 cm³/mol. The topological polar surface area (TPSA) is 52.0 Å². The molecule has 150 valence electrons. The number of hydrogen-bond acceptors (Lipinski definition) is 2. The van der Waals surface area contributed by atoms with Crippen LogP contribution in [0.15, 0.2) is 91.0 Å². The Hall–Kier alpha value is -3.52. The van der Waals surface area contributed by atoms with E-state index in [0.29, 0.717) is 0 Å². The predicted octanol–water partition coefficient (Wildman–Crippen LogP) is 7.15. The van der Waals surface area contributed by atoms with E-state index >= 15 is 0 Å². The molecule has 2 nitrogen and oxygen atoms in total. The summed E-state index contributed by atoms with van der Waals surface area (Å²) in [6, 6.07) is 31.6. The van der Waals surface area contributed by atoms with Gasteiger partial charge in [0.15, 0.2) is 0 Å². The first-order valence-electron chi connectivity index (χ1n) is 10.3. The van der Waals surface area contributed by atoms with Crippen LogP contribution in [0.25, 0.3) is 33.4 Å². The molecular formula is C28H28N2. The van der Waals surface area contributed by atoms with Crippen LogP contribution >= 0.6 is 0 Å². The lowest BCUT2D eigenvalue weighted by Gasteiger charge is -2.20. The van der Waals surface area contributed by atoms with Crippen molar-refractivity contribution in [2.75, 3.05) is 11.5 Å². The molecule has 0 unspecified atom stereocenters. The van der Waals surface area contributed by atoms with Crippen LogP contribution in [-0.2, 0) is 5.41 Å². The Morgan fingerprint density at radius 1 is 0.467 bits per heavy atom. The summed E-state index contributed by atoms with van der Waals surface area (Å²) >= 11 is 0. The Bertz CT molecular complexity index is 1150. The molecule has 4 rings (SSSR count). The van der Waals surface area contributed by atoms with Gasteiger partial charge in [-0.2, -0.15) is 0 Å². The Labute approximate surface area is 179 Å². The van der Waals surface area contributed by atoms with Crippen molar-refractivity contribution >= 4 is 11.4 Å². The minimum atomic E-state index is 0.134. The van der Waals surface area contributed by atoms with Gasteiger partial charge in [0.2, 0.25) is 0 Å². The van der Waals surface area contributed by atoms with E-state index < -0.39 is 0 Å². The number of benzene rings is 4. The largest absolute Gasteiger partial charge is 0.399 e. The molecule has 0 atom stereocenters. The Morgan fingerprint density at radius 2 is 0.900 bits per heavy atom. The molecule has 0 saturated carbocycles. The smallest absolute Gasteiger partial charge is 0.0320 e. The van der Waals surface area contributed by atoms with Gasteiger partial charge in [-0.05, 0) is 68.6 Å². The molecule has 0 radical (unpaired) electrons. The highest BCUT2D eigenvalue weighted by Gasteiger charge is 2.14. The summed E-state index contributed by atoms with van der Waals surface area (Å²) in [5, 5.41) is 0. The van der Waals surface area contributed by atoms with Gasteiger partial charge >= 0.3 is 0 Å². The van der Waals surface area contributed by atoms with Crippen LogP contribution in [0.1, 0.15) is 26.3 Å². The molecule has 2 heteroatoms. The van der Waals surface area contributed by atoms with E-state index in [1.807, 2.05) is 18.2 Å². The van der Waals surface area contributed by atoms with E-state index in [-0.39, 0.29) is 5.41 Å². The van der Waals surface area contributed by atoms with E-state index in [1.54, 1.807) is 0 Å². The van der Waals surface area contributed by atoms with Crippen LogP contribution in [-0.4, -0.2) is 0 Å². The molecule has 4 aromatic carbocycles. The van der Waals surface area contributed by atoms with Gasteiger partial charge < -0.3 is 11.5 Å². The maximum Gasteiger partial charge on any atom is 0.0320 e. The van der Waals surface area contributed by atoms with E-state index in [0.717, 1.165) is 22.5 Å². The average Bonchev–Trinajstić information content (AvgIpc) is 2.74. The molecule has 0 spiro atoms. The average molecular weight is 393 g/mol. The Balaban J connectivity index is 1.72. The van der Waals surface area contributed by atoms with Crippen molar-refractivity contribution in [2.45, 2.75) is 26.2 Å². The Kier molecular flexibility index (Phi) is 5.09. The van der Waals surface area contributed by atoms with Crippen LogP contribution < -0.4 is 11.5 Å². The van der Waals surface area contributed by atoms with E-state index in [2.05, 4.69) is 93.6 Å². The minimum absolute atomic E-state index is 0.134. The first-order valence-corrected chi connectivity index (χ1v) is 10.3. The van der Waals surface area contributed by atoms with Crippen LogP contribution in [0.2, 0.25) is 0 Å². The zero-order chi connectivity index (χ0) is 21.3. The standard InChI is InChI=1S/C28H28N2/c1-28(2,3)23-12-8-22(9-13-23)27-18-25(30)16-17-26(27)21-6-4-19(5-7-21)20-10-14-24(29)15-11-20/h4-18H,29-30H2,1-3H3. The summed E-state index contributed by atoms with van der Waals surface area (Å²) in [6.45, 7) is 6.70. The molecule has 0 fully saturated rings. The first-order chi connectivity index (χ1) is 14.3. The third kappa shape index (κ3) is 4.08. The molecule has 0 aromatic heterocycles. The van der Waals surface area contributed by atoms with Crippen molar-refractivity contribution in [3.8, 4) is 33.4 Å². The van der Waals surface area contributed by atoms with Crippen molar-refractivity contribution in [3.63, 3.8) is 0 Å². The molecule has 4 N–H and O–H groups in total. The van der Waals surface area contributed by atoms with Crippen LogP contribution in [0.4, 0.5) is 11.4 Å². The van der Waals surface area contributed by atoms with Crippen molar-refractivity contribution in [3.05, 3.63) is 96.6 Å². The summed E-state index contributed by atoms with van der Waals surface area (Å²) in [6.07, 6.45) is 0. The maximum atomic E-state index is 6.14. The van der Waals surface area contributed by atoms with Gasteiger partial charge in [-0.25, -0.2) is 0 Å². The second-order valence-electron chi connectivity index (χ2n) is 8.83. The van der Waals surface area contributed by atoms with Crippen molar-refractivity contribution in [1.82, 2.24) is 0 Å². The monoisotopic (exact) mass is 392 g/mol. The van der Waals surface area contributed by atoms with Crippen molar-refractivity contribution in [1.29, 1.82) is 0 Å². The lowest BCUT2D eigenvalue weighted by molar-refractivity contribution is 0.590. The van der Waals surface area contributed by atoms with Gasteiger partial charge in [0.05, 0.1) is 0 Å². The quantitative estimate of drug-likeness (QED) is 0.364. The molecule has 0 aliphatic rings. The fourth-order valence-electron chi connectivity index (χ4n) is 3.72. The highest BCUT2D eigenvalue weighted by atomic mass is 14.5.